The molecular weight excluding hydrogens is 520 g/mol. The Balaban J connectivity index is 1.46. The molecule has 0 aliphatic carbocycles. The highest BCUT2D eigenvalue weighted by atomic mass is 32.2. The third kappa shape index (κ3) is 5.94. The van der Waals surface area contributed by atoms with Crippen LogP contribution in [0.1, 0.15) is 38.2 Å². The maximum Gasteiger partial charge on any atom is 0.387 e. The smallest absolute Gasteiger partial charge is 0.387 e. The fraction of sp³-hybridized carbons (Fsp3) is 0.500. The summed E-state index contributed by atoms with van der Waals surface area (Å²) in [5.74, 6) is 0.836. The average molecular weight is 552 g/mol. The van der Waals surface area contributed by atoms with E-state index >= 15 is 0 Å². The first-order valence-electron chi connectivity index (χ1n) is 12.6. The van der Waals surface area contributed by atoms with Crippen LogP contribution < -0.4 is 4.74 Å². The number of hydrogen-bond acceptors (Lipinski definition) is 6. The van der Waals surface area contributed by atoms with Gasteiger partial charge >= 0.3 is 6.61 Å². The quantitative estimate of drug-likeness (QED) is 0.326. The van der Waals surface area contributed by atoms with Crippen molar-refractivity contribution in [3.05, 3.63) is 48.0 Å². The SMILES string of the molecule is C[C@H]1CCCN(S(=O)(=O)c2ccc3c(c2)nc(SCc2ccccc2OC(F)F)n3C[C@H]2CCCO2)C1. The largest absolute Gasteiger partial charge is 0.435 e. The van der Waals surface area contributed by atoms with E-state index in [1.807, 2.05) is 10.6 Å². The first-order valence-corrected chi connectivity index (χ1v) is 15.0. The van der Waals surface area contributed by atoms with Gasteiger partial charge < -0.3 is 14.0 Å². The van der Waals surface area contributed by atoms with Crippen molar-refractivity contribution in [3.63, 3.8) is 0 Å². The Hall–Kier alpha value is -2.21. The standard InChI is InChI=1S/C26H31F2N3O4S2/c1-18-6-4-12-30(15-18)37(32,33)21-10-11-23-22(14-21)29-26(31(23)16-20-8-5-13-34-20)36-17-19-7-2-3-9-24(19)35-25(27)28/h2-3,7,9-11,14,18,20,25H,4-6,8,12-13,15-17H2,1H3/t18-,20+/m0/s1. The molecule has 2 aliphatic heterocycles. The second-order valence-electron chi connectivity index (χ2n) is 9.68. The van der Waals surface area contributed by atoms with Gasteiger partial charge in [-0.2, -0.15) is 13.1 Å². The summed E-state index contributed by atoms with van der Waals surface area (Å²) in [5, 5.41) is 0.679. The van der Waals surface area contributed by atoms with Gasteiger partial charge in [0.05, 0.1) is 28.6 Å². The number of nitrogens with zero attached hydrogens (tertiary/aromatic N) is 3. The Morgan fingerprint density at radius 2 is 2.03 bits per heavy atom. The Kier molecular flexibility index (Phi) is 8.04. The van der Waals surface area contributed by atoms with Crippen LogP contribution in [0, 0.1) is 5.92 Å². The number of fused-ring (bicyclic) bond motifs is 1. The van der Waals surface area contributed by atoms with Crippen LogP contribution in [0.15, 0.2) is 52.5 Å². The highest BCUT2D eigenvalue weighted by molar-refractivity contribution is 7.98. The number of hydrogen-bond donors (Lipinski definition) is 0. The molecule has 37 heavy (non-hydrogen) atoms. The van der Waals surface area contributed by atoms with Gasteiger partial charge in [-0.3, -0.25) is 0 Å². The van der Waals surface area contributed by atoms with Crippen LogP contribution >= 0.6 is 11.8 Å². The van der Waals surface area contributed by atoms with Crippen LogP contribution in [0.4, 0.5) is 8.78 Å². The molecule has 2 atom stereocenters. The molecule has 200 valence electrons. The number of alkyl halides is 2. The van der Waals surface area contributed by atoms with E-state index < -0.39 is 16.6 Å². The molecule has 2 fully saturated rings. The summed E-state index contributed by atoms with van der Waals surface area (Å²) in [6.45, 7) is 1.52. The predicted octanol–water partition coefficient (Wildman–Crippen LogP) is 5.53. The molecule has 3 heterocycles. The summed E-state index contributed by atoms with van der Waals surface area (Å²) in [5.41, 5.74) is 2.04. The minimum atomic E-state index is -3.62. The number of thioether (sulfide) groups is 1. The second-order valence-corrected chi connectivity index (χ2v) is 12.6. The van der Waals surface area contributed by atoms with Crippen LogP contribution in [-0.2, 0) is 27.1 Å². The van der Waals surface area contributed by atoms with Gasteiger partial charge in [-0.1, -0.05) is 36.9 Å². The predicted molar refractivity (Wildman–Crippen MR) is 138 cm³/mol. The molecule has 2 saturated heterocycles. The van der Waals surface area contributed by atoms with Gasteiger partial charge in [0.1, 0.15) is 5.75 Å². The summed E-state index contributed by atoms with van der Waals surface area (Å²) >= 11 is 1.40. The third-order valence-corrected chi connectivity index (χ3v) is 9.78. The number of para-hydroxylation sites is 1. The number of benzene rings is 2. The minimum Gasteiger partial charge on any atom is -0.435 e. The number of aromatic nitrogens is 2. The van der Waals surface area contributed by atoms with E-state index in [1.54, 1.807) is 34.6 Å². The number of sulfonamides is 1. The molecule has 0 amide bonds. The summed E-state index contributed by atoms with van der Waals surface area (Å²) in [4.78, 5) is 5.03. The van der Waals surface area contributed by atoms with E-state index in [-0.39, 0.29) is 16.7 Å². The Bertz CT molecular complexity index is 1340. The van der Waals surface area contributed by atoms with E-state index in [2.05, 4.69) is 11.7 Å². The van der Waals surface area contributed by atoms with Crippen LogP contribution in [0.25, 0.3) is 11.0 Å². The van der Waals surface area contributed by atoms with Crippen molar-refractivity contribution >= 4 is 32.8 Å². The highest BCUT2D eigenvalue weighted by Crippen LogP contribution is 2.33. The van der Waals surface area contributed by atoms with Gasteiger partial charge in [0.25, 0.3) is 0 Å². The molecule has 11 heteroatoms. The fourth-order valence-electron chi connectivity index (χ4n) is 5.02. The van der Waals surface area contributed by atoms with Crippen LogP contribution in [0.5, 0.6) is 5.75 Å². The van der Waals surface area contributed by atoms with Gasteiger partial charge in [-0.15, -0.1) is 0 Å². The molecule has 0 bridgehead atoms. The zero-order valence-corrected chi connectivity index (χ0v) is 22.3. The van der Waals surface area contributed by atoms with Crippen molar-refractivity contribution in [2.24, 2.45) is 5.92 Å². The van der Waals surface area contributed by atoms with Crippen molar-refractivity contribution in [1.82, 2.24) is 13.9 Å². The lowest BCUT2D eigenvalue weighted by atomic mass is 10.0. The van der Waals surface area contributed by atoms with Crippen LogP contribution in [-0.4, -0.2) is 54.7 Å². The van der Waals surface area contributed by atoms with Crippen LogP contribution in [0.3, 0.4) is 0 Å². The summed E-state index contributed by atoms with van der Waals surface area (Å²) in [7, 11) is -3.62. The molecule has 5 rings (SSSR count). The fourth-order valence-corrected chi connectivity index (χ4v) is 7.65. The molecule has 0 spiro atoms. The number of piperidine rings is 1. The molecule has 2 aliphatic rings. The Labute approximate surface area is 220 Å². The number of ether oxygens (including phenoxy) is 2. The molecular formula is C26H31F2N3O4S2. The lowest BCUT2D eigenvalue weighted by molar-refractivity contribution is -0.0503. The molecule has 0 radical (unpaired) electrons. The third-order valence-electron chi connectivity index (χ3n) is 6.90. The highest BCUT2D eigenvalue weighted by Gasteiger charge is 2.29. The van der Waals surface area contributed by atoms with Crippen molar-refractivity contribution < 1.29 is 26.7 Å². The lowest BCUT2D eigenvalue weighted by Gasteiger charge is -2.30. The zero-order chi connectivity index (χ0) is 26.0. The first-order chi connectivity index (χ1) is 17.8. The van der Waals surface area contributed by atoms with Gasteiger partial charge in [-0.25, -0.2) is 13.4 Å². The first kappa shape index (κ1) is 26.4. The maximum absolute atomic E-state index is 13.4. The van der Waals surface area contributed by atoms with Crippen molar-refractivity contribution in [2.75, 3.05) is 19.7 Å². The molecule has 0 saturated carbocycles. The zero-order valence-electron chi connectivity index (χ0n) is 20.7. The number of imidazole rings is 1. The maximum atomic E-state index is 13.4. The summed E-state index contributed by atoms with van der Waals surface area (Å²) in [6.07, 6.45) is 3.87. The topological polar surface area (TPSA) is 73.7 Å². The Morgan fingerprint density at radius 1 is 1.19 bits per heavy atom. The van der Waals surface area contributed by atoms with E-state index in [0.717, 1.165) is 37.8 Å². The molecule has 0 N–H and O–H groups in total. The van der Waals surface area contributed by atoms with Gasteiger partial charge in [0.2, 0.25) is 10.0 Å². The summed E-state index contributed by atoms with van der Waals surface area (Å²) < 4.78 is 66.7. The van der Waals surface area contributed by atoms with Gasteiger partial charge in [0.15, 0.2) is 5.16 Å². The summed E-state index contributed by atoms with van der Waals surface area (Å²) in [6, 6.07) is 11.8. The normalized spacial score (nSPS) is 21.2. The van der Waals surface area contributed by atoms with Gasteiger partial charge in [0, 0.05) is 31.0 Å². The monoisotopic (exact) mass is 551 g/mol. The Morgan fingerprint density at radius 3 is 2.78 bits per heavy atom. The molecule has 7 nitrogen and oxygen atoms in total. The van der Waals surface area contributed by atoms with E-state index in [4.69, 9.17) is 9.72 Å². The van der Waals surface area contributed by atoms with E-state index in [1.165, 1.54) is 17.8 Å². The van der Waals surface area contributed by atoms with Crippen LogP contribution in [0.2, 0.25) is 0 Å². The van der Waals surface area contributed by atoms with E-state index in [9.17, 15) is 17.2 Å². The van der Waals surface area contributed by atoms with Gasteiger partial charge in [-0.05, 0) is 55.9 Å². The average Bonchev–Trinajstić information content (AvgIpc) is 3.51. The lowest BCUT2D eigenvalue weighted by Crippen LogP contribution is -2.39. The van der Waals surface area contributed by atoms with Crippen molar-refractivity contribution in [3.8, 4) is 5.75 Å². The second kappa shape index (κ2) is 11.3. The molecule has 0 unspecified atom stereocenters. The molecule has 1 aromatic heterocycles. The van der Waals surface area contributed by atoms with Crippen molar-refractivity contribution in [1.29, 1.82) is 0 Å². The minimum absolute atomic E-state index is 0.0458. The van der Waals surface area contributed by atoms with E-state index in [0.29, 0.717) is 47.5 Å². The molecule has 3 aromatic rings. The van der Waals surface area contributed by atoms with Crippen molar-refractivity contribution in [2.45, 2.75) is 67.7 Å². The number of halogens is 2. The number of rotatable bonds is 9. The molecule has 2 aromatic carbocycles.